The molecule has 0 aromatic rings. The maximum atomic E-state index is 11.5. The molecule has 0 saturated carbocycles. The van der Waals surface area contributed by atoms with Crippen LogP contribution in [0.1, 0.15) is 19.8 Å². The van der Waals surface area contributed by atoms with Gasteiger partial charge in [0.05, 0.1) is 13.1 Å². The molecule has 1 rings (SSSR count). The highest BCUT2D eigenvalue weighted by Gasteiger charge is 2.28. The number of amides is 2. The fraction of sp³-hybridized carbons (Fsp3) is 0.700. The molecule has 0 aromatic carbocycles. The first kappa shape index (κ1) is 11.7. The SMILES string of the molecule is CCCN1CC(=O)N(CCC=O)CC1=O. The molecule has 1 aliphatic rings. The van der Waals surface area contributed by atoms with E-state index < -0.39 is 0 Å². The van der Waals surface area contributed by atoms with E-state index in [1.54, 1.807) is 4.90 Å². The quantitative estimate of drug-likeness (QED) is 0.586. The molecule has 1 saturated heterocycles. The Kier molecular flexibility index (Phi) is 4.27. The van der Waals surface area contributed by atoms with Gasteiger partial charge in [0.2, 0.25) is 11.8 Å². The molecule has 84 valence electrons. The van der Waals surface area contributed by atoms with Crippen LogP contribution in [0.2, 0.25) is 0 Å². The van der Waals surface area contributed by atoms with E-state index in [2.05, 4.69) is 0 Å². The number of carbonyl (C=O) groups excluding carboxylic acids is 3. The molecule has 0 aromatic heterocycles. The van der Waals surface area contributed by atoms with Gasteiger partial charge < -0.3 is 14.6 Å². The van der Waals surface area contributed by atoms with E-state index in [0.717, 1.165) is 12.7 Å². The standard InChI is InChI=1S/C10H16N2O3/c1-2-4-11-7-10(15)12(5-3-6-13)8-9(11)14/h6H,2-5,7-8H2,1H3. The van der Waals surface area contributed by atoms with Crippen LogP contribution in [-0.2, 0) is 14.4 Å². The summed E-state index contributed by atoms with van der Waals surface area (Å²) in [5.74, 6) is -0.0905. The lowest BCUT2D eigenvalue weighted by Crippen LogP contribution is -2.54. The highest BCUT2D eigenvalue weighted by Crippen LogP contribution is 2.05. The molecule has 0 aliphatic carbocycles. The van der Waals surface area contributed by atoms with E-state index in [9.17, 15) is 14.4 Å². The van der Waals surface area contributed by atoms with E-state index in [4.69, 9.17) is 0 Å². The third-order valence-corrected chi connectivity index (χ3v) is 2.37. The normalized spacial score (nSPS) is 17.1. The Labute approximate surface area is 89.0 Å². The fourth-order valence-electron chi connectivity index (χ4n) is 1.59. The molecule has 2 amide bonds. The van der Waals surface area contributed by atoms with Crippen LogP contribution in [0, 0.1) is 0 Å². The number of hydrogen-bond donors (Lipinski definition) is 0. The van der Waals surface area contributed by atoms with E-state index >= 15 is 0 Å². The summed E-state index contributed by atoms with van der Waals surface area (Å²) in [7, 11) is 0. The minimum absolute atomic E-state index is 0.0256. The maximum Gasteiger partial charge on any atom is 0.242 e. The smallest absolute Gasteiger partial charge is 0.242 e. The Balaban J connectivity index is 2.50. The van der Waals surface area contributed by atoms with Crippen molar-refractivity contribution >= 4 is 18.1 Å². The van der Waals surface area contributed by atoms with Crippen LogP contribution < -0.4 is 0 Å². The van der Waals surface area contributed by atoms with Crippen molar-refractivity contribution in [3.63, 3.8) is 0 Å². The number of carbonyl (C=O) groups is 3. The summed E-state index contributed by atoms with van der Waals surface area (Å²) >= 11 is 0. The Morgan fingerprint density at radius 3 is 2.13 bits per heavy atom. The summed E-state index contributed by atoms with van der Waals surface area (Å²) < 4.78 is 0. The van der Waals surface area contributed by atoms with Gasteiger partial charge in [-0.3, -0.25) is 9.59 Å². The zero-order valence-corrected chi connectivity index (χ0v) is 8.94. The van der Waals surface area contributed by atoms with Crippen LogP contribution >= 0.6 is 0 Å². The second kappa shape index (κ2) is 5.48. The lowest BCUT2D eigenvalue weighted by atomic mass is 10.2. The van der Waals surface area contributed by atoms with Crippen molar-refractivity contribution in [1.29, 1.82) is 0 Å². The van der Waals surface area contributed by atoms with Crippen molar-refractivity contribution in [1.82, 2.24) is 9.80 Å². The predicted molar refractivity (Wildman–Crippen MR) is 54.1 cm³/mol. The molecular formula is C10H16N2O3. The second-order valence-corrected chi connectivity index (χ2v) is 3.59. The number of nitrogens with zero attached hydrogens (tertiary/aromatic N) is 2. The summed E-state index contributed by atoms with van der Waals surface area (Å²) in [6.07, 6.45) is 1.91. The van der Waals surface area contributed by atoms with Crippen molar-refractivity contribution in [3.8, 4) is 0 Å². The zero-order valence-electron chi connectivity index (χ0n) is 8.94. The summed E-state index contributed by atoms with van der Waals surface area (Å²) in [6, 6.07) is 0. The zero-order chi connectivity index (χ0) is 11.3. The number of aldehydes is 1. The monoisotopic (exact) mass is 212 g/mol. The van der Waals surface area contributed by atoms with Gasteiger partial charge in [0.25, 0.3) is 0 Å². The van der Waals surface area contributed by atoms with Crippen molar-refractivity contribution in [2.75, 3.05) is 26.2 Å². The van der Waals surface area contributed by atoms with Gasteiger partial charge in [0.15, 0.2) is 0 Å². The van der Waals surface area contributed by atoms with Crippen molar-refractivity contribution < 1.29 is 14.4 Å². The molecule has 1 fully saturated rings. The highest BCUT2D eigenvalue weighted by atomic mass is 16.2. The van der Waals surface area contributed by atoms with Crippen molar-refractivity contribution in [2.24, 2.45) is 0 Å². The van der Waals surface area contributed by atoms with Crippen LogP contribution in [0.3, 0.4) is 0 Å². The lowest BCUT2D eigenvalue weighted by molar-refractivity contribution is -0.150. The van der Waals surface area contributed by atoms with E-state index in [0.29, 0.717) is 19.5 Å². The Bertz CT molecular complexity index is 265. The first-order valence-corrected chi connectivity index (χ1v) is 5.18. The first-order valence-electron chi connectivity index (χ1n) is 5.18. The number of piperazine rings is 1. The Hall–Kier alpha value is -1.39. The molecule has 0 atom stereocenters. The van der Waals surface area contributed by atoms with Gasteiger partial charge in [0, 0.05) is 19.5 Å². The Morgan fingerprint density at radius 2 is 1.67 bits per heavy atom. The van der Waals surface area contributed by atoms with Gasteiger partial charge >= 0.3 is 0 Å². The van der Waals surface area contributed by atoms with Gasteiger partial charge in [-0.15, -0.1) is 0 Å². The molecule has 0 radical (unpaired) electrons. The minimum atomic E-state index is -0.0649. The van der Waals surface area contributed by atoms with E-state index in [1.807, 2.05) is 6.92 Å². The van der Waals surface area contributed by atoms with Gasteiger partial charge in [-0.05, 0) is 6.42 Å². The summed E-state index contributed by atoms with van der Waals surface area (Å²) in [6.45, 7) is 3.23. The van der Waals surface area contributed by atoms with E-state index in [1.165, 1.54) is 4.90 Å². The molecule has 5 heteroatoms. The molecule has 1 heterocycles. The highest BCUT2D eigenvalue weighted by molar-refractivity contribution is 5.92. The predicted octanol–water partition coefficient (Wildman–Crippen LogP) is -0.344. The summed E-state index contributed by atoms with van der Waals surface area (Å²) in [5.41, 5.74) is 0. The third kappa shape index (κ3) is 3.04. The van der Waals surface area contributed by atoms with Crippen molar-refractivity contribution in [2.45, 2.75) is 19.8 Å². The van der Waals surface area contributed by atoms with Crippen LogP contribution in [0.25, 0.3) is 0 Å². The largest absolute Gasteiger partial charge is 0.332 e. The van der Waals surface area contributed by atoms with Crippen LogP contribution in [-0.4, -0.2) is 54.1 Å². The third-order valence-electron chi connectivity index (χ3n) is 2.37. The average molecular weight is 212 g/mol. The lowest BCUT2D eigenvalue weighted by Gasteiger charge is -2.33. The maximum absolute atomic E-state index is 11.5. The fourth-order valence-corrected chi connectivity index (χ4v) is 1.59. The molecule has 0 bridgehead atoms. The minimum Gasteiger partial charge on any atom is -0.332 e. The molecule has 1 aliphatic heterocycles. The Morgan fingerprint density at radius 1 is 1.13 bits per heavy atom. The van der Waals surface area contributed by atoms with Gasteiger partial charge in [-0.2, -0.15) is 0 Å². The number of rotatable bonds is 5. The molecule has 0 spiro atoms. The van der Waals surface area contributed by atoms with Gasteiger partial charge in [-0.1, -0.05) is 6.92 Å². The first-order chi connectivity index (χ1) is 7.19. The van der Waals surface area contributed by atoms with Crippen LogP contribution in [0.15, 0.2) is 0 Å². The second-order valence-electron chi connectivity index (χ2n) is 3.59. The van der Waals surface area contributed by atoms with Crippen LogP contribution in [0.5, 0.6) is 0 Å². The average Bonchev–Trinajstić information content (AvgIpc) is 2.21. The molecule has 5 nitrogen and oxygen atoms in total. The van der Waals surface area contributed by atoms with Gasteiger partial charge in [0.1, 0.15) is 6.29 Å². The molecule has 0 N–H and O–H groups in total. The number of hydrogen-bond acceptors (Lipinski definition) is 3. The topological polar surface area (TPSA) is 57.7 Å². The molecule has 15 heavy (non-hydrogen) atoms. The summed E-state index contributed by atoms with van der Waals surface area (Å²) in [5, 5.41) is 0. The van der Waals surface area contributed by atoms with Crippen molar-refractivity contribution in [3.05, 3.63) is 0 Å². The van der Waals surface area contributed by atoms with E-state index in [-0.39, 0.29) is 24.9 Å². The van der Waals surface area contributed by atoms with Crippen LogP contribution in [0.4, 0.5) is 0 Å². The molecule has 0 unspecified atom stereocenters. The van der Waals surface area contributed by atoms with Gasteiger partial charge in [-0.25, -0.2) is 0 Å². The summed E-state index contributed by atoms with van der Waals surface area (Å²) in [4.78, 5) is 36.3. The molecular weight excluding hydrogens is 196 g/mol.